The van der Waals surface area contributed by atoms with Gasteiger partial charge in [0.1, 0.15) is 6.54 Å². The first-order valence-electron chi connectivity index (χ1n) is 9.30. The molecule has 143 valence electrons. The van der Waals surface area contributed by atoms with Gasteiger partial charge in [0.2, 0.25) is 0 Å². The molecule has 0 spiro atoms. The van der Waals surface area contributed by atoms with Crippen LogP contribution >= 0.6 is 0 Å². The molecule has 1 saturated carbocycles. The van der Waals surface area contributed by atoms with Gasteiger partial charge in [0.25, 0.3) is 11.7 Å². The highest BCUT2D eigenvalue weighted by Gasteiger charge is 2.38. The number of fused-ring (bicyclic) bond motifs is 1. The molecule has 8 heteroatoms. The van der Waals surface area contributed by atoms with Crippen molar-refractivity contribution in [3.05, 3.63) is 54.4 Å². The third-order valence-electron chi connectivity index (χ3n) is 5.14. The molecule has 2 aromatic rings. The van der Waals surface area contributed by atoms with Crippen molar-refractivity contribution < 1.29 is 9.47 Å². The van der Waals surface area contributed by atoms with Gasteiger partial charge in [0.15, 0.2) is 23.5 Å². The lowest BCUT2D eigenvalue weighted by molar-refractivity contribution is 0.355. The van der Waals surface area contributed by atoms with Crippen LogP contribution in [0.3, 0.4) is 0 Å². The summed E-state index contributed by atoms with van der Waals surface area (Å²) in [5.41, 5.74) is 2.19. The summed E-state index contributed by atoms with van der Waals surface area (Å²) in [6.07, 6.45) is 8.30. The average molecular weight is 378 g/mol. The Morgan fingerprint density at radius 2 is 2.04 bits per heavy atom. The molecule has 1 aromatic heterocycles. The molecule has 1 aliphatic carbocycles. The third-order valence-corrected chi connectivity index (χ3v) is 5.14. The number of hydrogen-bond acceptors (Lipinski definition) is 7. The van der Waals surface area contributed by atoms with E-state index in [0.717, 1.165) is 23.2 Å². The van der Waals surface area contributed by atoms with Crippen molar-refractivity contribution in [2.75, 3.05) is 31.0 Å². The fourth-order valence-corrected chi connectivity index (χ4v) is 3.48. The fourth-order valence-electron chi connectivity index (χ4n) is 3.48. The minimum Gasteiger partial charge on any atom is -0.493 e. The molecular formula is C20H22N6O2+. The summed E-state index contributed by atoms with van der Waals surface area (Å²) in [5.74, 6) is 4.67. The number of rotatable bonds is 6. The van der Waals surface area contributed by atoms with Crippen LogP contribution in [0.4, 0.5) is 11.5 Å². The van der Waals surface area contributed by atoms with Gasteiger partial charge in [-0.25, -0.2) is 0 Å². The molecule has 3 aliphatic rings. The summed E-state index contributed by atoms with van der Waals surface area (Å²) in [5, 5.41) is 11.0. The number of nitrogens with zero attached hydrogens (tertiary/aromatic N) is 4. The number of nitrogens with one attached hydrogen (secondary N) is 2. The Bertz CT molecular complexity index is 988. The predicted molar refractivity (Wildman–Crippen MR) is 108 cm³/mol. The van der Waals surface area contributed by atoms with E-state index in [2.05, 4.69) is 37.7 Å². The number of anilines is 2. The zero-order chi connectivity index (χ0) is 19.1. The van der Waals surface area contributed by atoms with Crippen molar-refractivity contribution in [3.8, 4) is 11.5 Å². The second kappa shape index (κ2) is 6.72. The molecule has 8 nitrogen and oxygen atoms in total. The lowest BCUT2D eigenvalue weighted by Gasteiger charge is -2.25. The lowest BCUT2D eigenvalue weighted by Crippen LogP contribution is -2.45. The van der Waals surface area contributed by atoms with Crippen LogP contribution in [-0.4, -0.2) is 36.8 Å². The number of benzene rings is 1. The van der Waals surface area contributed by atoms with E-state index in [1.807, 2.05) is 35.5 Å². The van der Waals surface area contributed by atoms with Crippen LogP contribution < -0.4 is 24.6 Å². The van der Waals surface area contributed by atoms with E-state index in [4.69, 9.17) is 9.47 Å². The Morgan fingerprint density at radius 3 is 2.82 bits per heavy atom. The van der Waals surface area contributed by atoms with E-state index < -0.39 is 0 Å². The molecule has 1 radical (unpaired) electrons. The van der Waals surface area contributed by atoms with Gasteiger partial charge in [-0.05, 0) is 29.9 Å². The van der Waals surface area contributed by atoms with E-state index in [0.29, 0.717) is 24.0 Å². The Hall–Kier alpha value is -3.26. The van der Waals surface area contributed by atoms with Gasteiger partial charge in [-0.3, -0.25) is 10.4 Å². The number of aromatic nitrogens is 2. The fraction of sp³-hybridized carbons (Fsp3) is 0.300. The van der Waals surface area contributed by atoms with Gasteiger partial charge in [-0.2, -0.15) is 10.1 Å². The normalized spacial score (nSPS) is 18.6. The minimum absolute atomic E-state index is 0.635. The maximum Gasteiger partial charge on any atom is 0.284 e. The topological polar surface area (TPSA) is 80.7 Å². The van der Waals surface area contributed by atoms with E-state index in [-0.39, 0.29) is 0 Å². The van der Waals surface area contributed by atoms with Gasteiger partial charge in [0, 0.05) is 29.4 Å². The first-order chi connectivity index (χ1) is 13.7. The average Bonchev–Trinajstić information content (AvgIpc) is 3.28. The predicted octanol–water partition coefficient (Wildman–Crippen LogP) is 3.06. The van der Waals surface area contributed by atoms with Gasteiger partial charge in [-0.1, -0.05) is 0 Å². The van der Waals surface area contributed by atoms with E-state index in [1.165, 1.54) is 18.5 Å². The van der Waals surface area contributed by atoms with Crippen LogP contribution in [0.15, 0.2) is 53.7 Å². The van der Waals surface area contributed by atoms with Crippen LogP contribution in [0, 0.1) is 0 Å². The number of ether oxygens (including phenoxy) is 2. The summed E-state index contributed by atoms with van der Waals surface area (Å²) >= 11 is 0. The number of amidine groups is 1. The summed E-state index contributed by atoms with van der Waals surface area (Å²) < 4.78 is 10.8. The van der Waals surface area contributed by atoms with Crippen molar-refractivity contribution in [1.82, 2.24) is 15.1 Å². The number of methoxy groups -OCH3 is 2. The first kappa shape index (κ1) is 16.9. The zero-order valence-electron chi connectivity index (χ0n) is 15.8. The quantitative estimate of drug-likeness (QED) is 0.755. The molecule has 0 unspecified atom stereocenters. The molecule has 0 atom stereocenters. The number of aromatic amines is 1. The summed E-state index contributed by atoms with van der Waals surface area (Å²) in [4.78, 5) is 8.67. The molecule has 5 rings (SSSR count). The van der Waals surface area contributed by atoms with Crippen LogP contribution in [-0.2, 0) is 0 Å². The van der Waals surface area contributed by atoms with Gasteiger partial charge in [-0.15, -0.1) is 0 Å². The highest BCUT2D eigenvalue weighted by atomic mass is 16.5. The SMILES string of the molecule is COc1ccc(N2C=C(Nc3cc(C4CC4)[nH]n3)[N+]3C=CN=C3C2)cc1OC. The van der Waals surface area contributed by atoms with Crippen molar-refractivity contribution in [3.63, 3.8) is 0 Å². The minimum atomic E-state index is 0.635. The van der Waals surface area contributed by atoms with Crippen molar-refractivity contribution >= 4 is 17.3 Å². The second-order valence-corrected chi connectivity index (χ2v) is 7.00. The molecule has 0 amide bonds. The summed E-state index contributed by atoms with van der Waals surface area (Å²) in [7, 11) is 3.28. The molecule has 1 aromatic carbocycles. The van der Waals surface area contributed by atoms with Gasteiger partial charge in [0.05, 0.1) is 26.6 Å². The number of aliphatic imine (C=N–C) groups is 1. The van der Waals surface area contributed by atoms with Gasteiger partial charge >= 0.3 is 0 Å². The maximum absolute atomic E-state index is 5.45. The smallest absolute Gasteiger partial charge is 0.284 e. The Balaban J connectivity index is 1.45. The van der Waals surface area contributed by atoms with Crippen LogP contribution in [0.5, 0.6) is 11.5 Å². The van der Waals surface area contributed by atoms with Gasteiger partial charge < -0.3 is 14.4 Å². The number of hydrogen-bond donors (Lipinski definition) is 2. The Kier molecular flexibility index (Phi) is 4.05. The molecule has 2 aliphatic heterocycles. The maximum atomic E-state index is 5.45. The second-order valence-electron chi connectivity index (χ2n) is 7.00. The molecule has 2 N–H and O–H groups in total. The van der Waals surface area contributed by atoms with Crippen molar-refractivity contribution in [2.24, 2.45) is 4.99 Å². The largest absolute Gasteiger partial charge is 0.493 e. The summed E-state index contributed by atoms with van der Waals surface area (Å²) in [6.45, 7) is 0.654. The van der Waals surface area contributed by atoms with E-state index >= 15 is 0 Å². The van der Waals surface area contributed by atoms with Crippen LogP contribution in [0.2, 0.25) is 0 Å². The van der Waals surface area contributed by atoms with Crippen LogP contribution in [0.1, 0.15) is 24.5 Å². The van der Waals surface area contributed by atoms with Crippen LogP contribution in [0.25, 0.3) is 0 Å². The van der Waals surface area contributed by atoms with E-state index in [9.17, 15) is 0 Å². The highest BCUT2D eigenvalue weighted by molar-refractivity contribution is 5.96. The molecular weight excluding hydrogens is 356 g/mol. The molecule has 3 heterocycles. The Morgan fingerprint density at radius 1 is 1.18 bits per heavy atom. The lowest BCUT2D eigenvalue weighted by atomic mass is 10.2. The number of H-pyrrole nitrogens is 1. The monoisotopic (exact) mass is 378 g/mol. The Labute approximate surface area is 163 Å². The first-order valence-corrected chi connectivity index (χ1v) is 9.30. The standard InChI is InChI=1S/C20H22N6O2/c1-27-16-6-5-14(9-17(16)28-2)25-11-19-21-7-8-26(19)20(12-25)22-18-10-15(23-24-18)13-3-4-13/h5-10,12-13H,3-4,11H2,1-2H3,(H2,22,23,24)/q+1. The summed E-state index contributed by atoms with van der Waals surface area (Å²) in [6, 6.07) is 7.97. The van der Waals surface area contributed by atoms with E-state index in [1.54, 1.807) is 14.2 Å². The molecule has 0 bridgehead atoms. The third kappa shape index (κ3) is 3.01. The zero-order valence-corrected chi connectivity index (χ0v) is 15.8. The molecule has 0 saturated heterocycles. The van der Waals surface area contributed by atoms with Crippen molar-refractivity contribution in [1.29, 1.82) is 0 Å². The molecule has 28 heavy (non-hydrogen) atoms. The van der Waals surface area contributed by atoms with Crippen molar-refractivity contribution in [2.45, 2.75) is 18.8 Å². The highest BCUT2D eigenvalue weighted by Crippen LogP contribution is 2.39. The molecule has 1 fully saturated rings.